The van der Waals surface area contributed by atoms with Crippen LogP contribution in [0.2, 0.25) is 0 Å². The Bertz CT molecular complexity index is 417. The SMILES string of the molecule is Cc1cc(C)c2c(c1)OC(C)(C)C2=O. The van der Waals surface area contributed by atoms with Crippen LogP contribution in [0.25, 0.3) is 0 Å². The summed E-state index contributed by atoms with van der Waals surface area (Å²) in [5.41, 5.74) is 2.20. The van der Waals surface area contributed by atoms with E-state index in [1.165, 1.54) is 0 Å². The van der Waals surface area contributed by atoms with Crippen LogP contribution in [0.1, 0.15) is 35.3 Å². The smallest absolute Gasteiger partial charge is 0.209 e. The van der Waals surface area contributed by atoms with E-state index in [4.69, 9.17) is 4.74 Å². The molecule has 0 aromatic heterocycles. The summed E-state index contributed by atoms with van der Waals surface area (Å²) < 4.78 is 5.62. The highest BCUT2D eigenvalue weighted by atomic mass is 16.5. The van der Waals surface area contributed by atoms with E-state index in [9.17, 15) is 4.79 Å². The molecule has 2 heteroatoms. The molecule has 1 aliphatic heterocycles. The molecule has 0 N–H and O–H groups in total. The van der Waals surface area contributed by atoms with Crippen molar-refractivity contribution in [2.45, 2.75) is 33.3 Å². The Morgan fingerprint density at radius 1 is 1.21 bits per heavy atom. The molecule has 0 saturated heterocycles. The molecule has 0 spiro atoms. The average molecular weight is 190 g/mol. The van der Waals surface area contributed by atoms with Crippen LogP contribution in [0.4, 0.5) is 0 Å². The van der Waals surface area contributed by atoms with Crippen LogP contribution in [-0.4, -0.2) is 11.4 Å². The first-order valence-corrected chi connectivity index (χ1v) is 4.77. The van der Waals surface area contributed by atoms with Gasteiger partial charge in [0.1, 0.15) is 5.75 Å². The Morgan fingerprint density at radius 3 is 2.50 bits per heavy atom. The van der Waals surface area contributed by atoms with Gasteiger partial charge >= 0.3 is 0 Å². The zero-order chi connectivity index (χ0) is 10.5. The second-order valence-corrected chi connectivity index (χ2v) is 4.40. The number of carbonyl (C=O) groups excluding carboxylic acids is 1. The molecule has 0 fully saturated rings. The monoisotopic (exact) mass is 190 g/mol. The third kappa shape index (κ3) is 1.14. The van der Waals surface area contributed by atoms with Crippen LogP contribution in [0.5, 0.6) is 5.75 Å². The van der Waals surface area contributed by atoms with Crippen molar-refractivity contribution < 1.29 is 9.53 Å². The van der Waals surface area contributed by atoms with Crippen molar-refractivity contribution in [3.05, 3.63) is 28.8 Å². The largest absolute Gasteiger partial charge is 0.479 e. The number of carbonyl (C=O) groups is 1. The summed E-state index contributed by atoms with van der Waals surface area (Å²) in [4.78, 5) is 11.9. The Labute approximate surface area is 83.9 Å². The maximum Gasteiger partial charge on any atom is 0.209 e. The van der Waals surface area contributed by atoms with Gasteiger partial charge in [0, 0.05) is 0 Å². The van der Waals surface area contributed by atoms with Crippen LogP contribution in [0.15, 0.2) is 12.1 Å². The van der Waals surface area contributed by atoms with E-state index in [0.29, 0.717) is 0 Å². The van der Waals surface area contributed by atoms with Crippen LogP contribution >= 0.6 is 0 Å². The molecule has 0 amide bonds. The maximum absolute atomic E-state index is 11.9. The molecule has 0 unspecified atom stereocenters. The number of ketones is 1. The molecule has 0 saturated carbocycles. The minimum absolute atomic E-state index is 0.0880. The van der Waals surface area contributed by atoms with Crippen molar-refractivity contribution in [1.29, 1.82) is 0 Å². The van der Waals surface area contributed by atoms with Crippen LogP contribution in [0.3, 0.4) is 0 Å². The molecular formula is C12H14O2. The number of benzene rings is 1. The van der Waals surface area contributed by atoms with Crippen molar-refractivity contribution in [3.8, 4) is 5.75 Å². The minimum atomic E-state index is -0.694. The summed E-state index contributed by atoms with van der Waals surface area (Å²) in [5, 5.41) is 0. The van der Waals surface area contributed by atoms with Gasteiger partial charge in [-0.1, -0.05) is 6.07 Å². The van der Waals surface area contributed by atoms with Crippen molar-refractivity contribution in [3.63, 3.8) is 0 Å². The summed E-state index contributed by atoms with van der Waals surface area (Å²) in [7, 11) is 0. The average Bonchev–Trinajstić information content (AvgIpc) is 2.21. The Hall–Kier alpha value is -1.31. The molecule has 1 aromatic carbocycles. The predicted octanol–water partition coefficient (Wildman–Crippen LogP) is 2.66. The van der Waals surface area contributed by atoms with Gasteiger partial charge in [-0.05, 0) is 44.9 Å². The van der Waals surface area contributed by atoms with E-state index < -0.39 is 5.60 Å². The highest BCUT2D eigenvalue weighted by Crippen LogP contribution is 2.37. The fraction of sp³-hybridized carbons (Fsp3) is 0.417. The minimum Gasteiger partial charge on any atom is -0.479 e. The highest BCUT2D eigenvalue weighted by molar-refractivity contribution is 6.08. The number of rotatable bonds is 0. The van der Waals surface area contributed by atoms with Gasteiger partial charge in [0.15, 0.2) is 5.60 Å². The molecule has 14 heavy (non-hydrogen) atoms. The first kappa shape index (κ1) is 9.25. The molecule has 0 bridgehead atoms. The maximum atomic E-state index is 11.9. The summed E-state index contributed by atoms with van der Waals surface area (Å²) in [6, 6.07) is 3.94. The number of hydrogen-bond acceptors (Lipinski definition) is 2. The molecule has 1 heterocycles. The van der Waals surface area contributed by atoms with E-state index in [2.05, 4.69) is 0 Å². The molecule has 1 aromatic rings. The molecule has 1 aliphatic rings. The summed E-state index contributed by atoms with van der Waals surface area (Å²) in [6.45, 7) is 7.58. The lowest BCUT2D eigenvalue weighted by atomic mass is 9.95. The van der Waals surface area contributed by atoms with Gasteiger partial charge in [-0.25, -0.2) is 0 Å². The Kier molecular flexibility index (Phi) is 1.71. The topological polar surface area (TPSA) is 26.3 Å². The quantitative estimate of drug-likeness (QED) is 0.628. The van der Waals surface area contributed by atoms with Gasteiger partial charge in [0.25, 0.3) is 0 Å². The van der Waals surface area contributed by atoms with Gasteiger partial charge in [0.2, 0.25) is 5.78 Å². The zero-order valence-electron chi connectivity index (χ0n) is 8.97. The van der Waals surface area contributed by atoms with Crippen molar-refractivity contribution in [2.24, 2.45) is 0 Å². The Balaban J connectivity index is 2.66. The predicted molar refractivity (Wildman–Crippen MR) is 55.0 cm³/mol. The fourth-order valence-corrected chi connectivity index (χ4v) is 1.92. The number of aryl methyl sites for hydroxylation is 2. The van der Waals surface area contributed by atoms with Crippen LogP contribution in [0, 0.1) is 13.8 Å². The Morgan fingerprint density at radius 2 is 1.86 bits per heavy atom. The standard InChI is InChI=1S/C12H14O2/c1-7-5-8(2)10-9(6-7)14-12(3,4)11(10)13/h5-6H,1-4H3. The molecule has 2 nitrogen and oxygen atoms in total. The molecule has 0 aliphatic carbocycles. The number of fused-ring (bicyclic) bond motifs is 1. The first-order chi connectivity index (χ1) is 6.42. The summed E-state index contributed by atoms with van der Waals surface area (Å²) >= 11 is 0. The first-order valence-electron chi connectivity index (χ1n) is 4.77. The van der Waals surface area contributed by atoms with E-state index in [-0.39, 0.29) is 5.78 Å². The van der Waals surface area contributed by atoms with Gasteiger partial charge in [-0.3, -0.25) is 4.79 Å². The van der Waals surface area contributed by atoms with Gasteiger partial charge in [-0.15, -0.1) is 0 Å². The molecule has 0 radical (unpaired) electrons. The molecular weight excluding hydrogens is 176 g/mol. The number of ether oxygens (including phenoxy) is 1. The van der Waals surface area contributed by atoms with Gasteiger partial charge in [-0.2, -0.15) is 0 Å². The lowest BCUT2D eigenvalue weighted by molar-refractivity contribution is 0.0684. The second kappa shape index (κ2) is 2.59. The molecule has 0 atom stereocenters. The lowest BCUT2D eigenvalue weighted by Crippen LogP contribution is -2.32. The second-order valence-electron chi connectivity index (χ2n) is 4.40. The van der Waals surface area contributed by atoms with E-state index in [0.717, 1.165) is 22.4 Å². The van der Waals surface area contributed by atoms with E-state index >= 15 is 0 Å². The third-order valence-electron chi connectivity index (χ3n) is 2.58. The van der Waals surface area contributed by atoms with Crippen molar-refractivity contribution >= 4 is 5.78 Å². The summed E-state index contributed by atoms with van der Waals surface area (Å²) in [6.07, 6.45) is 0. The van der Waals surface area contributed by atoms with Gasteiger partial charge in [0.05, 0.1) is 5.56 Å². The van der Waals surface area contributed by atoms with Crippen LogP contribution in [-0.2, 0) is 0 Å². The van der Waals surface area contributed by atoms with Crippen LogP contribution < -0.4 is 4.74 Å². The summed E-state index contributed by atoms with van der Waals surface area (Å²) in [5.74, 6) is 0.822. The fourth-order valence-electron chi connectivity index (χ4n) is 1.92. The van der Waals surface area contributed by atoms with E-state index in [1.807, 2.05) is 39.8 Å². The molecule has 2 rings (SSSR count). The third-order valence-corrected chi connectivity index (χ3v) is 2.58. The number of Topliss-reactive ketones (excluding diaryl/α,β-unsaturated/α-hetero) is 1. The normalized spacial score (nSPS) is 17.9. The molecule has 74 valence electrons. The van der Waals surface area contributed by atoms with Gasteiger partial charge < -0.3 is 4.74 Å². The number of hydrogen-bond donors (Lipinski definition) is 0. The lowest BCUT2D eigenvalue weighted by Gasteiger charge is -2.14. The highest BCUT2D eigenvalue weighted by Gasteiger charge is 2.40. The zero-order valence-corrected chi connectivity index (χ0v) is 8.97. The van der Waals surface area contributed by atoms with E-state index in [1.54, 1.807) is 0 Å². The van der Waals surface area contributed by atoms with Crippen molar-refractivity contribution in [1.82, 2.24) is 0 Å². The van der Waals surface area contributed by atoms with Crippen molar-refractivity contribution in [2.75, 3.05) is 0 Å².